The Morgan fingerprint density at radius 3 is 2.29 bits per heavy atom. The Morgan fingerprint density at radius 1 is 1.09 bits per heavy atom. The third-order valence-electron chi connectivity index (χ3n) is 5.67. The highest BCUT2D eigenvalue weighted by atomic mass is 16.5. The van der Waals surface area contributed by atoms with Gasteiger partial charge in [0.25, 0.3) is 5.91 Å². The number of carboxylic acids is 1. The Bertz CT molecular complexity index is 1180. The van der Waals surface area contributed by atoms with Gasteiger partial charge in [0.1, 0.15) is 24.1 Å². The van der Waals surface area contributed by atoms with Gasteiger partial charge in [-0.05, 0) is 29.2 Å². The van der Waals surface area contributed by atoms with Gasteiger partial charge in [-0.25, -0.2) is 9.59 Å². The van der Waals surface area contributed by atoms with Crippen molar-refractivity contribution >= 4 is 18.0 Å². The van der Waals surface area contributed by atoms with Crippen LogP contribution in [0.25, 0.3) is 11.1 Å². The number of aliphatic hydroxyl groups is 1. The lowest BCUT2D eigenvalue weighted by Crippen LogP contribution is -2.47. The average Bonchev–Trinajstić information content (AvgIpc) is 3.42. The molecule has 1 aliphatic rings. The topological polar surface area (TPSA) is 151 Å². The van der Waals surface area contributed by atoms with Crippen LogP contribution in [-0.2, 0) is 16.1 Å². The molecule has 4 rings (SSSR count). The number of carboxylic acid groups (broad SMARTS) is 1. The van der Waals surface area contributed by atoms with Crippen LogP contribution in [0.5, 0.6) is 0 Å². The molecule has 0 fully saturated rings. The van der Waals surface area contributed by atoms with Gasteiger partial charge in [-0.2, -0.15) is 0 Å². The summed E-state index contributed by atoms with van der Waals surface area (Å²) in [7, 11) is 0. The number of aromatic nitrogens is 1. The molecule has 0 spiro atoms. The predicted molar refractivity (Wildman–Crippen MR) is 119 cm³/mol. The zero-order valence-corrected chi connectivity index (χ0v) is 18.2. The van der Waals surface area contributed by atoms with Gasteiger partial charge < -0.3 is 30.1 Å². The first kappa shape index (κ1) is 23.0. The van der Waals surface area contributed by atoms with E-state index in [4.69, 9.17) is 14.4 Å². The lowest BCUT2D eigenvalue weighted by molar-refractivity contribution is -0.141. The van der Waals surface area contributed by atoms with E-state index in [0.29, 0.717) is 0 Å². The van der Waals surface area contributed by atoms with Crippen LogP contribution >= 0.6 is 0 Å². The first-order valence-corrected chi connectivity index (χ1v) is 10.6. The summed E-state index contributed by atoms with van der Waals surface area (Å²) >= 11 is 0. The second-order valence-corrected chi connectivity index (χ2v) is 7.88. The maximum Gasteiger partial charge on any atom is 0.407 e. The monoisotopic (exact) mass is 465 g/mol. The second-order valence-electron chi connectivity index (χ2n) is 7.88. The molecule has 2 aromatic carbocycles. The molecule has 3 aromatic rings. The normalized spacial score (nSPS) is 13.9. The number of amides is 2. The van der Waals surface area contributed by atoms with Gasteiger partial charge in [0, 0.05) is 5.92 Å². The second kappa shape index (κ2) is 9.75. The number of carbonyl (C=O) groups is 3. The van der Waals surface area contributed by atoms with Crippen LogP contribution in [-0.4, -0.2) is 52.1 Å². The number of benzene rings is 2. The van der Waals surface area contributed by atoms with Crippen molar-refractivity contribution < 1.29 is 33.9 Å². The molecule has 34 heavy (non-hydrogen) atoms. The molecule has 0 saturated heterocycles. The first-order chi connectivity index (χ1) is 16.4. The van der Waals surface area contributed by atoms with Gasteiger partial charge in [0.05, 0.1) is 12.6 Å². The number of hydrogen-bond donors (Lipinski definition) is 4. The molecule has 10 nitrogen and oxygen atoms in total. The molecular weight excluding hydrogens is 442 g/mol. The maximum atomic E-state index is 12.4. The van der Waals surface area contributed by atoms with Crippen molar-refractivity contribution in [2.75, 3.05) is 6.61 Å². The number of rotatable bonds is 8. The number of aliphatic carboxylic acids is 1. The quantitative estimate of drug-likeness (QED) is 0.396. The molecule has 2 amide bonds. The van der Waals surface area contributed by atoms with E-state index in [1.54, 1.807) is 0 Å². The summed E-state index contributed by atoms with van der Waals surface area (Å²) in [6.45, 7) is 1.19. The molecule has 10 heteroatoms. The number of carbonyl (C=O) groups excluding carboxylic acids is 2. The summed E-state index contributed by atoms with van der Waals surface area (Å²) in [6.07, 6.45) is -0.988. The molecule has 2 atom stereocenters. The lowest BCUT2D eigenvalue weighted by Gasteiger charge is -2.16. The van der Waals surface area contributed by atoms with Crippen LogP contribution in [0.2, 0.25) is 0 Å². The van der Waals surface area contributed by atoms with E-state index >= 15 is 0 Å². The van der Waals surface area contributed by atoms with E-state index in [0.717, 1.165) is 28.5 Å². The van der Waals surface area contributed by atoms with Crippen molar-refractivity contribution in [1.82, 2.24) is 15.8 Å². The summed E-state index contributed by atoms with van der Waals surface area (Å²) in [5, 5.41) is 27.1. The van der Waals surface area contributed by atoms with Crippen LogP contribution in [0.15, 0.2) is 59.3 Å². The molecule has 0 radical (unpaired) electrons. The van der Waals surface area contributed by atoms with Crippen molar-refractivity contribution in [3.05, 3.63) is 77.2 Å². The first-order valence-electron chi connectivity index (χ1n) is 10.6. The summed E-state index contributed by atoms with van der Waals surface area (Å²) in [6, 6.07) is 14.4. The fourth-order valence-corrected chi connectivity index (χ4v) is 3.98. The molecular formula is C24H23N3O7. The molecule has 0 aliphatic heterocycles. The summed E-state index contributed by atoms with van der Waals surface area (Å²) < 4.78 is 10.3. The zero-order chi connectivity index (χ0) is 24.2. The van der Waals surface area contributed by atoms with E-state index in [2.05, 4.69) is 15.8 Å². The van der Waals surface area contributed by atoms with Crippen molar-refractivity contribution in [3.63, 3.8) is 0 Å². The fraction of sp³-hybridized carbons (Fsp3) is 0.250. The molecule has 0 bridgehead atoms. The minimum absolute atomic E-state index is 0.0640. The van der Waals surface area contributed by atoms with Crippen molar-refractivity contribution in [3.8, 4) is 11.1 Å². The molecule has 1 aromatic heterocycles. The summed E-state index contributed by atoms with van der Waals surface area (Å²) in [5.74, 6) is -2.29. The minimum atomic E-state index is -1.51. The number of fused-ring (bicyclic) bond motifs is 3. The van der Waals surface area contributed by atoms with Crippen molar-refractivity contribution in [1.29, 1.82) is 0 Å². The molecule has 1 heterocycles. The van der Waals surface area contributed by atoms with Crippen molar-refractivity contribution in [2.24, 2.45) is 0 Å². The molecule has 4 N–H and O–H groups in total. The largest absolute Gasteiger partial charge is 0.480 e. The van der Waals surface area contributed by atoms with Gasteiger partial charge >= 0.3 is 12.1 Å². The van der Waals surface area contributed by atoms with E-state index in [-0.39, 0.29) is 30.3 Å². The Balaban J connectivity index is 1.36. The smallest absolute Gasteiger partial charge is 0.407 e. The number of aliphatic hydroxyl groups excluding tert-OH is 1. The molecule has 1 aliphatic carbocycles. The lowest BCUT2D eigenvalue weighted by atomic mass is 9.98. The number of nitrogens with zero attached hydrogens (tertiary/aromatic N) is 1. The number of ether oxygens (including phenoxy) is 1. The van der Waals surface area contributed by atoms with Crippen LogP contribution in [0.4, 0.5) is 4.79 Å². The van der Waals surface area contributed by atoms with Crippen LogP contribution in [0, 0.1) is 0 Å². The molecule has 0 unspecified atom stereocenters. The van der Waals surface area contributed by atoms with Gasteiger partial charge in [-0.3, -0.25) is 4.79 Å². The van der Waals surface area contributed by atoms with Gasteiger partial charge in [-0.1, -0.05) is 53.7 Å². The Hall–Kier alpha value is -4.18. The summed E-state index contributed by atoms with van der Waals surface area (Å²) in [5.41, 5.74) is 4.41. The van der Waals surface area contributed by atoms with Gasteiger partial charge in [0.2, 0.25) is 0 Å². The van der Waals surface area contributed by atoms with Crippen LogP contribution < -0.4 is 10.6 Å². The maximum absolute atomic E-state index is 12.4. The number of hydrogen-bond acceptors (Lipinski definition) is 7. The Labute approximate surface area is 194 Å². The molecule has 176 valence electrons. The standard InChI is InChI=1S/C24H23N3O7/c1-13(28)21(23(30)31)26-22(29)19-12-34-27-20(19)10-25-24(32)33-11-18-16-8-4-2-6-14(16)15-7-3-5-9-17(15)18/h2-9,12-13,18,21,28H,10-11H2,1H3,(H,25,32)(H,26,29)(H,30,31)/t13-,21+/m1/s1. The third-order valence-corrected chi connectivity index (χ3v) is 5.67. The number of alkyl carbamates (subject to hydrolysis) is 1. The minimum Gasteiger partial charge on any atom is -0.480 e. The summed E-state index contributed by atoms with van der Waals surface area (Å²) in [4.78, 5) is 35.9. The van der Waals surface area contributed by atoms with E-state index in [9.17, 15) is 19.5 Å². The predicted octanol–water partition coefficient (Wildman–Crippen LogP) is 2.28. The SMILES string of the molecule is C[C@@H](O)[C@H](NC(=O)c1conc1CNC(=O)OCC1c2ccccc2-c2ccccc21)C(=O)O. The van der Waals surface area contributed by atoms with Crippen molar-refractivity contribution in [2.45, 2.75) is 31.5 Å². The molecule has 0 saturated carbocycles. The van der Waals surface area contributed by atoms with Gasteiger partial charge in [0.15, 0.2) is 6.04 Å². The van der Waals surface area contributed by atoms with Gasteiger partial charge in [-0.15, -0.1) is 0 Å². The number of nitrogens with one attached hydrogen (secondary N) is 2. The Kier molecular flexibility index (Phi) is 6.60. The van der Waals surface area contributed by atoms with E-state index in [1.807, 2.05) is 48.5 Å². The highest BCUT2D eigenvalue weighted by molar-refractivity contribution is 5.97. The highest BCUT2D eigenvalue weighted by Gasteiger charge is 2.30. The van der Waals surface area contributed by atoms with Crippen LogP contribution in [0.1, 0.15) is 40.0 Å². The Morgan fingerprint density at radius 2 is 1.71 bits per heavy atom. The van der Waals surface area contributed by atoms with Crippen LogP contribution in [0.3, 0.4) is 0 Å². The van der Waals surface area contributed by atoms with E-state index in [1.165, 1.54) is 6.92 Å². The zero-order valence-electron chi connectivity index (χ0n) is 18.2. The van der Waals surface area contributed by atoms with E-state index < -0.39 is 30.1 Å². The fourth-order valence-electron chi connectivity index (χ4n) is 3.98. The third kappa shape index (κ3) is 4.62. The highest BCUT2D eigenvalue weighted by Crippen LogP contribution is 2.44. The average molecular weight is 465 g/mol.